The van der Waals surface area contributed by atoms with Gasteiger partial charge in [0.1, 0.15) is 11.6 Å². The Morgan fingerprint density at radius 3 is 2.11 bits per heavy atom. The summed E-state index contributed by atoms with van der Waals surface area (Å²) in [4.78, 5) is 68.3. The van der Waals surface area contributed by atoms with Gasteiger partial charge in [-0.3, -0.25) is 24.1 Å². The van der Waals surface area contributed by atoms with Crippen molar-refractivity contribution < 1.29 is 28.7 Å². The van der Waals surface area contributed by atoms with Crippen LogP contribution in [0.5, 0.6) is 0 Å². The predicted octanol–water partition coefficient (Wildman–Crippen LogP) is 3.86. The molecule has 0 radical (unpaired) electrons. The molecule has 0 aromatic heterocycles. The number of likely N-dealkylation sites (tertiary alicyclic amines) is 1. The number of carbonyl (C=O) groups excluding carboxylic acids is 5. The van der Waals surface area contributed by atoms with E-state index in [1.807, 2.05) is 20.8 Å². The fourth-order valence-corrected chi connectivity index (χ4v) is 7.16. The van der Waals surface area contributed by atoms with Gasteiger partial charge in [0.2, 0.25) is 17.6 Å². The van der Waals surface area contributed by atoms with Gasteiger partial charge in [0.15, 0.2) is 0 Å². The summed E-state index contributed by atoms with van der Waals surface area (Å²) in [7, 11) is 0. The third kappa shape index (κ3) is 10.5. The highest BCUT2D eigenvalue weighted by Crippen LogP contribution is 2.62. The van der Waals surface area contributed by atoms with Crippen LogP contribution in [0, 0.1) is 23.2 Å². The van der Waals surface area contributed by atoms with E-state index in [-0.39, 0.29) is 42.5 Å². The van der Waals surface area contributed by atoms with Gasteiger partial charge in [-0.2, -0.15) is 0 Å². The number of ether oxygens (including phenoxy) is 1. The number of amides is 4. The number of allylic oxidation sites excluding steroid dienone is 1. The van der Waals surface area contributed by atoms with Gasteiger partial charge in [-0.15, -0.1) is 6.58 Å². The van der Waals surface area contributed by atoms with Crippen molar-refractivity contribution in [2.24, 2.45) is 23.2 Å². The summed E-state index contributed by atoms with van der Waals surface area (Å²) in [6, 6.07) is -2.35. The number of nitrogens with one attached hydrogen (secondary N) is 4. The largest absolute Gasteiger partial charge is 0.444 e. The van der Waals surface area contributed by atoms with Gasteiger partial charge in [0.05, 0.1) is 12.1 Å². The van der Waals surface area contributed by atoms with Crippen LogP contribution in [0.15, 0.2) is 12.7 Å². The Bertz CT molecular complexity index is 1120. The summed E-state index contributed by atoms with van der Waals surface area (Å²) >= 11 is 0. The first-order valence-electron chi connectivity index (χ1n) is 17.1. The van der Waals surface area contributed by atoms with E-state index in [1.54, 1.807) is 26.8 Å². The zero-order chi connectivity index (χ0) is 34.4. The summed E-state index contributed by atoms with van der Waals surface area (Å²) in [5.41, 5.74) is -0.908. The van der Waals surface area contributed by atoms with Crippen molar-refractivity contribution >= 4 is 29.6 Å². The molecule has 4 amide bonds. The molecule has 2 saturated carbocycles. The van der Waals surface area contributed by atoms with Gasteiger partial charge in [0.25, 0.3) is 5.91 Å². The van der Waals surface area contributed by atoms with E-state index >= 15 is 0 Å². The zero-order valence-electron chi connectivity index (χ0n) is 29.4. The molecule has 0 aromatic rings. The average molecular weight is 646 g/mol. The Balaban J connectivity index is 1.82. The molecule has 1 unspecified atom stereocenters. The Morgan fingerprint density at radius 2 is 1.57 bits per heavy atom. The molecule has 0 bridgehead atoms. The fraction of sp³-hybridized carbons (Fsp3) is 0.800. The minimum absolute atomic E-state index is 0.00681. The molecule has 0 spiro atoms. The van der Waals surface area contributed by atoms with E-state index in [0.717, 1.165) is 45.2 Å². The van der Waals surface area contributed by atoms with Crippen LogP contribution in [0.3, 0.4) is 0 Å². The summed E-state index contributed by atoms with van der Waals surface area (Å²) in [5, 5.41) is 11.4. The van der Waals surface area contributed by atoms with Gasteiger partial charge in [-0.05, 0) is 90.4 Å². The van der Waals surface area contributed by atoms with Crippen molar-refractivity contribution in [1.29, 1.82) is 0 Å². The second-order valence-electron chi connectivity index (χ2n) is 16.1. The number of alkyl carbamates (subject to hydrolysis) is 1. The quantitative estimate of drug-likeness (QED) is 0.166. The van der Waals surface area contributed by atoms with E-state index in [4.69, 9.17) is 4.74 Å². The SMILES string of the molecule is C=CCCC(NC(=O)[C@@H]([C@@H](NC(=O)OC(C)(C)C)C1CCCCC1)N1C[C@@H]2[C@H](C1)C2(C)C)C(=O)C(=O)NCCC(=O)NC(C)(C)C. The molecule has 260 valence electrons. The second kappa shape index (κ2) is 15.3. The first-order chi connectivity index (χ1) is 21.3. The number of rotatable bonds is 14. The molecule has 46 heavy (non-hydrogen) atoms. The van der Waals surface area contributed by atoms with Crippen LogP contribution in [-0.2, 0) is 23.9 Å². The van der Waals surface area contributed by atoms with E-state index in [9.17, 15) is 24.0 Å². The lowest BCUT2D eigenvalue weighted by atomic mass is 9.80. The van der Waals surface area contributed by atoms with E-state index < -0.39 is 47.0 Å². The van der Waals surface area contributed by atoms with Crippen molar-refractivity contribution in [3.8, 4) is 0 Å². The summed E-state index contributed by atoms with van der Waals surface area (Å²) in [5.74, 6) is -1.28. The number of nitrogens with zero attached hydrogens (tertiary/aromatic N) is 1. The standard InChI is InChI=1S/C35H59N5O6/c1-10-11-17-25(29(42)31(44)36-19-18-26(41)39-33(2,3)4)37-30(43)28(40-20-23-24(21-40)35(23,8)9)27(22-15-13-12-14-16-22)38-32(45)46-34(5,6)7/h10,22-25,27-28H,1,11-21H2,2-9H3,(H,36,44)(H,37,43)(H,38,45)(H,39,41)/t23-,24+,25?,27-,28+/m0/s1. The van der Waals surface area contributed by atoms with Gasteiger partial charge < -0.3 is 26.0 Å². The maximum Gasteiger partial charge on any atom is 0.407 e. The zero-order valence-corrected chi connectivity index (χ0v) is 29.4. The van der Waals surface area contributed by atoms with Crippen molar-refractivity contribution in [3.63, 3.8) is 0 Å². The van der Waals surface area contributed by atoms with E-state index in [1.165, 1.54) is 0 Å². The average Bonchev–Trinajstić information content (AvgIpc) is 3.23. The number of Topliss-reactive ketones (excluding diaryl/α,β-unsaturated/α-hetero) is 1. The third-order valence-electron chi connectivity index (χ3n) is 9.66. The van der Waals surface area contributed by atoms with Gasteiger partial charge in [0, 0.05) is 31.6 Å². The minimum atomic E-state index is -1.08. The van der Waals surface area contributed by atoms with Gasteiger partial charge in [-0.25, -0.2) is 4.79 Å². The number of hydrogen-bond donors (Lipinski definition) is 4. The molecule has 5 atom stereocenters. The van der Waals surface area contributed by atoms with E-state index in [0.29, 0.717) is 18.3 Å². The van der Waals surface area contributed by atoms with Crippen LogP contribution in [0.4, 0.5) is 4.79 Å². The molecule has 11 nitrogen and oxygen atoms in total. The Morgan fingerprint density at radius 1 is 0.957 bits per heavy atom. The van der Waals surface area contributed by atoms with Crippen molar-refractivity contribution in [2.75, 3.05) is 19.6 Å². The van der Waals surface area contributed by atoms with Crippen LogP contribution in [0.25, 0.3) is 0 Å². The molecule has 0 aromatic carbocycles. The smallest absolute Gasteiger partial charge is 0.407 e. The van der Waals surface area contributed by atoms with Crippen LogP contribution < -0.4 is 21.3 Å². The molecule has 1 heterocycles. The molecule has 1 aliphatic heterocycles. The molecule has 4 N–H and O–H groups in total. The maximum absolute atomic E-state index is 14.4. The van der Waals surface area contributed by atoms with E-state index in [2.05, 4.69) is 46.6 Å². The normalized spacial score (nSPS) is 23.2. The van der Waals surface area contributed by atoms with Crippen LogP contribution >= 0.6 is 0 Å². The van der Waals surface area contributed by atoms with Gasteiger partial charge >= 0.3 is 6.09 Å². The second-order valence-corrected chi connectivity index (χ2v) is 16.1. The summed E-state index contributed by atoms with van der Waals surface area (Å²) < 4.78 is 5.65. The molecular formula is C35H59N5O6. The number of piperidine rings is 1. The predicted molar refractivity (Wildman–Crippen MR) is 178 cm³/mol. The highest BCUT2D eigenvalue weighted by Gasteiger charge is 2.63. The van der Waals surface area contributed by atoms with Crippen molar-refractivity contribution in [2.45, 2.75) is 136 Å². The summed E-state index contributed by atoms with van der Waals surface area (Å²) in [6.07, 6.45) is 6.59. The fourth-order valence-electron chi connectivity index (χ4n) is 7.16. The first-order valence-corrected chi connectivity index (χ1v) is 17.1. The van der Waals surface area contributed by atoms with Crippen molar-refractivity contribution in [1.82, 2.24) is 26.2 Å². The molecule has 3 aliphatic rings. The molecule has 2 aliphatic carbocycles. The molecule has 3 rings (SSSR count). The number of ketones is 1. The minimum Gasteiger partial charge on any atom is -0.444 e. The number of fused-ring (bicyclic) bond motifs is 1. The van der Waals surface area contributed by atoms with Crippen LogP contribution in [0.1, 0.15) is 107 Å². The Kier molecular flexibility index (Phi) is 12.5. The van der Waals surface area contributed by atoms with Crippen LogP contribution in [0.2, 0.25) is 0 Å². The highest BCUT2D eigenvalue weighted by atomic mass is 16.6. The maximum atomic E-state index is 14.4. The lowest BCUT2D eigenvalue weighted by Gasteiger charge is -2.41. The molecule has 3 fully saturated rings. The molecule has 1 saturated heterocycles. The number of carbonyl (C=O) groups is 5. The Hall–Kier alpha value is -2.95. The van der Waals surface area contributed by atoms with Crippen molar-refractivity contribution in [3.05, 3.63) is 12.7 Å². The topological polar surface area (TPSA) is 146 Å². The summed E-state index contributed by atoms with van der Waals surface area (Å²) in [6.45, 7) is 20.7. The highest BCUT2D eigenvalue weighted by molar-refractivity contribution is 6.38. The number of hydrogen-bond acceptors (Lipinski definition) is 7. The van der Waals surface area contributed by atoms with Gasteiger partial charge in [-0.1, -0.05) is 39.2 Å². The third-order valence-corrected chi connectivity index (χ3v) is 9.66. The monoisotopic (exact) mass is 645 g/mol. The molecule has 11 heteroatoms. The Labute approximate surface area is 275 Å². The van der Waals surface area contributed by atoms with Crippen LogP contribution in [-0.4, -0.2) is 83.4 Å². The lowest BCUT2D eigenvalue weighted by Crippen LogP contribution is -2.63. The molecular weight excluding hydrogens is 586 g/mol. The first kappa shape index (κ1) is 37.5. The lowest BCUT2D eigenvalue weighted by molar-refractivity contribution is -0.141.